The Morgan fingerprint density at radius 1 is 1.44 bits per heavy atom. The largest absolute Gasteiger partial charge is 0.361 e. The van der Waals surface area contributed by atoms with Gasteiger partial charge in [-0.2, -0.15) is 5.10 Å². The predicted molar refractivity (Wildman–Crippen MR) is 65.1 cm³/mol. The summed E-state index contributed by atoms with van der Waals surface area (Å²) in [5.74, 6) is 0.678. The van der Waals surface area contributed by atoms with E-state index in [4.69, 9.17) is 4.52 Å². The van der Waals surface area contributed by atoms with Gasteiger partial charge in [-0.15, -0.1) is 0 Å². The molecule has 18 heavy (non-hydrogen) atoms. The summed E-state index contributed by atoms with van der Waals surface area (Å²) in [6.45, 7) is 6.01. The van der Waals surface area contributed by atoms with E-state index in [1.54, 1.807) is 18.1 Å². The van der Waals surface area contributed by atoms with Gasteiger partial charge in [0.2, 0.25) is 0 Å². The number of amides is 1. The first-order chi connectivity index (χ1) is 8.50. The number of aryl methyl sites for hydroxylation is 3. The van der Waals surface area contributed by atoms with Crippen LogP contribution in [0.25, 0.3) is 0 Å². The van der Waals surface area contributed by atoms with Gasteiger partial charge in [0.25, 0.3) is 5.91 Å². The summed E-state index contributed by atoms with van der Waals surface area (Å²) in [7, 11) is 1.75. The molecule has 1 N–H and O–H groups in total. The molecule has 0 saturated heterocycles. The quantitative estimate of drug-likeness (QED) is 0.895. The van der Waals surface area contributed by atoms with Crippen molar-refractivity contribution in [2.45, 2.75) is 27.3 Å². The average molecular weight is 248 g/mol. The first kappa shape index (κ1) is 12.3. The van der Waals surface area contributed by atoms with E-state index in [2.05, 4.69) is 15.4 Å². The highest BCUT2D eigenvalue weighted by molar-refractivity contribution is 5.94. The Kier molecular flexibility index (Phi) is 3.18. The smallest absolute Gasteiger partial charge is 0.257 e. The summed E-state index contributed by atoms with van der Waals surface area (Å²) in [6.07, 6.45) is 1.54. The van der Waals surface area contributed by atoms with Gasteiger partial charge in [0.05, 0.1) is 24.0 Å². The SMILES string of the molecule is Cc1noc(C)c1CN(C)C(=O)c1cn[nH]c1C. The molecule has 0 aliphatic carbocycles. The topological polar surface area (TPSA) is 75.0 Å². The van der Waals surface area contributed by atoms with Crippen LogP contribution in [0.1, 0.15) is 33.1 Å². The minimum Gasteiger partial charge on any atom is -0.361 e. The maximum atomic E-state index is 12.2. The highest BCUT2D eigenvalue weighted by Crippen LogP contribution is 2.16. The zero-order chi connectivity index (χ0) is 13.3. The molecular weight excluding hydrogens is 232 g/mol. The van der Waals surface area contributed by atoms with Crippen molar-refractivity contribution in [1.29, 1.82) is 0 Å². The van der Waals surface area contributed by atoms with Gasteiger partial charge < -0.3 is 9.42 Å². The van der Waals surface area contributed by atoms with E-state index in [-0.39, 0.29) is 5.91 Å². The van der Waals surface area contributed by atoms with Crippen molar-refractivity contribution in [2.75, 3.05) is 7.05 Å². The van der Waals surface area contributed by atoms with Gasteiger partial charge in [-0.3, -0.25) is 9.89 Å². The van der Waals surface area contributed by atoms with Gasteiger partial charge in [-0.05, 0) is 20.8 Å². The van der Waals surface area contributed by atoms with E-state index >= 15 is 0 Å². The zero-order valence-corrected chi connectivity index (χ0v) is 10.9. The number of carbonyl (C=O) groups excluding carboxylic acids is 1. The summed E-state index contributed by atoms with van der Waals surface area (Å²) < 4.78 is 5.08. The summed E-state index contributed by atoms with van der Waals surface area (Å²) in [5.41, 5.74) is 3.12. The molecule has 0 aliphatic heterocycles. The minimum absolute atomic E-state index is 0.0683. The number of H-pyrrole nitrogens is 1. The normalized spacial score (nSPS) is 10.7. The number of nitrogens with one attached hydrogen (secondary N) is 1. The molecule has 0 aliphatic rings. The highest BCUT2D eigenvalue weighted by Gasteiger charge is 2.18. The van der Waals surface area contributed by atoms with Crippen molar-refractivity contribution in [3.63, 3.8) is 0 Å². The van der Waals surface area contributed by atoms with E-state index in [0.29, 0.717) is 12.1 Å². The lowest BCUT2D eigenvalue weighted by atomic mass is 10.1. The summed E-state index contributed by atoms with van der Waals surface area (Å²) in [4.78, 5) is 13.8. The van der Waals surface area contributed by atoms with Crippen molar-refractivity contribution in [3.8, 4) is 0 Å². The molecule has 2 aromatic rings. The van der Waals surface area contributed by atoms with Crippen LogP contribution in [-0.4, -0.2) is 33.2 Å². The number of carbonyl (C=O) groups is 1. The average Bonchev–Trinajstić information content (AvgIpc) is 2.88. The summed E-state index contributed by atoms with van der Waals surface area (Å²) in [6, 6.07) is 0. The lowest BCUT2D eigenvalue weighted by Crippen LogP contribution is -2.26. The molecule has 0 unspecified atom stereocenters. The zero-order valence-electron chi connectivity index (χ0n) is 10.9. The second-order valence-corrected chi connectivity index (χ2v) is 4.37. The van der Waals surface area contributed by atoms with Gasteiger partial charge >= 0.3 is 0 Å². The first-order valence-corrected chi connectivity index (χ1v) is 5.68. The van der Waals surface area contributed by atoms with Gasteiger partial charge in [0.1, 0.15) is 5.76 Å². The van der Waals surface area contributed by atoms with Crippen LogP contribution >= 0.6 is 0 Å². The van der Waals surface area contributed by atoms with Crippen molar-refractivity contribution in [1.82, 2.24) is 20.3 Å². The molecule has 0 bridgehead atoms. The van der Waals surface area contributed by atoms with Crippen LogP contribution in [0, 0.1) is 20.8 Å². The van der Waals surface area contributed by atoms with Crippen LogP contribution < -0.4 is 0 Å². The summed E-state index contributed by atoms with van der Waals surface area (Å²) >= 11 is 0. The van der Waals surface area contributed by atoms with Crippen LogP contribution in [-0.2, 0) is 6.54 Å². The second-order valence-electron chi connectivity index (χ2n) is 4.37. The molecule has 0 aromatic carbocycles. The van der Waals surface area contributed by atoms with E-state index in [0.717, 1.165) is 22.7 Å². The maximum absolute atomic E-state index is 12.2. The number of rotatable bonds is 3. The van der Waals surface area contributed by atoms with Gasteiger partial charge in [-0.25, -0.2) is 0 Å². The molecule has 0 spiro atoms. The van der Waals surface area contributed by atoms with Crippen molar-refractivity contribution < 1.29 is 9.32 Å². The lowest BCUT2D eigenvalue weighted by Gasteiger charge is -2.16. The fourth-order valence-electron chi connectivity index (χ4n) is 1.81. The Balaban J connectivity index is 2.16. The van der Waals surface area contributed by atoms with Crippen LogP contribution in [0.4, 0.5) is 0 Å². The molecule has 6 nitrogen and oxygen atoms in total. The second kappa shape index (κ2) is 4.64. The number of nitrogens with zero attached hydrogens (tertiary/aromatic N) is 3. The molecule has 0 atom stereocenters. The molecular formula is C12H16N4O2. The molecule has 0 saturated carbocycles. The summed E-state index contributed by atoms with van der Waals surface area (Å²) in [5, 5.41) is 10.5. The van der Waals surface area contributed by atoms with Crippen LogP contribution in [0.3, 0.4) is 0 Å². The Hall–Kier alpha value is -2.11. The number of hydrogen-bond donors (Lipinski definition) is 1. The van der Waals surface area contributed by atoms with Crippen molar-refractivity contribution in [2.24, 2.45) is 0 Å². The Bertz CT molecular complexity index is 551. The van der Waals surface area contributed by atoms with Crippen LogP contribution in [0.2, 0.25) is 0 Å². The van der Waals surface area contributed by atoms with E-state index in [1.165, 1.54) is 0 Å². The van der Waals surface area contributed by atoms with Gasteiger partial charge in [0.15, 0.2) is 0 Å². The maximum Gasteiger partial charge on any atom is 0.257 e. The molecule has 96 valence electrons. The van der Waals surface area contributed by atoms with E-state index < -0.39 is 0 Å². The third kappa shape index (κ3) is 2.13. The van der Waals surface area contributed by atoms with Gasteiger partial charge in [0, 0.05) is 18.3 Å². The number of aromatic amines is 1. The number of aromatic nitrogens is 3. The van der Waals surface area contributed by atoms with Crippen molar-refractivity contribution >= 4 is 5.91 Å². The Morgan fingerprint density at radius 3 is 2.67 bits per heavy atom. The van der Waals surface area contributed by atoms with Gasteiger partial charge in [-0.1, -0.05) is 5.16 Å². The van der Waals surface area contributed by atoms with E-state index in [1.807, 2.05) is 20.8 Å². The van der Waals surface area contributed by atoms with E-state index in [9.17, 15) is 4.79 Å². The molecule has 2 heterocycles. The fourth-order valence-corrected chi connectivity index (χ4v) is 1.81. The van der Waals surface area contributed by atoms with Crippen molar-refractivity contribution in [3.05, 3.63) is 34.5 Å². The molecule has 6 heteroatoms. The third-order valence-electron chi connectivity index (χ3n) is 2.98. The predicted octanol–water partition coefficient (Wildman–Crippen LogP) is 1.60. The fraction of sp³-hybridized carbons (Fsp3) is 0.417. The molecule has 1 amide bonds. The molecule has 0 fully saturated rings. The first-order valence-electron chi connectivity index (χ1n) is 5.68. The lowest BCUT2D eigenvalue weighted by molar-refractivity contribution is 0.0784. The Labute approximate surface area is 105 Å². The van der Waals surface area contributed by atoms with Crippen LogP contribution in [0.5, 0.6) is 0 Å². The molecule has 2 aromatic heterocycles. The minimum atomic E-state index is -0.0683. The Morgan fingerprint density at radius 2 is 2.17 bits per heavy atom. The number of hydrogen-bond acceptors (Lipinski definition) is 4. The highest BCUT2D eigenvalue weighted by atomic mass is 16.5. The molecule has 2 rings (SSSR count). The standard InChI is InChI=1S/C12H16N4O2/c1-7-10(5-13-14-7)12(17)16(4)6-11-8(2)15-18-9(11)3/h5H,6H2,1-4H3,(H,13,14). The molecule has 0 radical (unpaired) electrons. The van der Waals surface area contributed by atoms with Crippen LogP contribution in [0.15, 0.2) is 10.7 Å². The third-order valence-corrected chi connectivity index (χ3v) is 2.98. The monoisotopic (exact) mass is 248 g/mol.